The van der Waals surface area contributed by atoms with Crippen LogP contribution in [0.25, 0.3) is 0 Å². The van der Waals surface area contributed by atoms with Crippen LogP contribution >= 0.6 is 15.9 Å². The molecular formula is C11H12BrFO3. The fourth-order valence-corrected chi connectivity index (χ4v) is 1.81. The van der Waals surface area contributed by atoms with E-state index in [2.05, 4.69) is 20.7 Å². The lowest BCUT2D eigenvalue weighted by atomic mass is 9.97. The van der Waals surface area contributed by atoms with E-state index in [4.69, 9.17) is 0 Å². The molecule has 0 aliphatic carbocycles. The molecule has 0 aliphatic rings. The molecule has 0 aliphatic heterocycles. The van der Waals surface area contributed by atoms with Crippen molar-refractivity contribution in [1.82, 2.24) is 0 Å². The van der Waals surface area contributed by atoms with Gasteiger partial charge < -0.3 is 9.84 Å². The normalized spacial score (nSPS) is 14.3. The van der Waals surface area contributed by atoms with Crippen molar-refractivity contribution in [1.29, 1.82) is 0 Å². The summed E-state index contributed by atoms with van der Waals surface area (Å²) in [7, 11) is 1.24. The van der Waals surface area contributed by atoms with E-state index < -0.39 is 23.8 Å². The maximum absolute atomic E-state index is 13.0. The van der Waals surface area contributed by atoms with Crippen LogP contribution < -0.4 is 0 Å². The van der Waals surface area contributed by atoms with Crippen molar-refractivity contribution >= 4 is 21.9 Å². The summed E-state index contributed by atoms with van der Waals surface area (Å²) in [6.45, 7) is 1.52. The van der Waals surface area contributed by atoms with Crippen LogP contribution in [0.1, 0.15) is 18.6 Å². The van der Waals surface area contributed by atoms with Crippen LogP contribution in [0.15, 0.2) is 22.7 Å². The number of benzene rings is 1. The highest BCUT2D eigenvalue weighted by Crippen LogP contribution is 2.29. The number of hydrogen-bond acceptors (Lipinski definition) is 3. The summed E-state index contributed by atoms with van der Waals surface area (Å²) in [5, 5.41) is 9.90. The number of halogens is 2. The van der Waals surface area contributed by atoms with Gasteiger partial charge in [-0.2, -0.15) is 0 Å². The second-order valence-corrected chi connectivity index (χ2v) is 4.28. The Balaban J connectivity index is 2.99. The van der Waals surface area contributed by atoms with E-state index >= 15 is 0 Å². The van der Waals surface area contributed by atoms with Gasteiger partial charge in [0.1, 0.15) is 5.82 Å². The van der Waals surface area contributed by atoms with Crippen molar-refractivity contribution in [2.24, 2.45) is 5.92 Å². The van der Waals surface area contributed by atoms with Gasteiger partial charge in [0.05, 0.1) is 19.1 Å². The van der Waals surface area contributed by atoms with Crippen molar-refractivity contribution in [3.63, 3.8) is 0 Å². The van der Waals surface area contributed by atoms with Gasteiger partial charge in [-0.05, 0) is 30.7 Å². The van der Waals surface area contributed by atoms with Crippen LogP contribution in [-0.2, 0) is 9.53 Å². The first kappa shape index (κ1) is 13.1. The van der Waals surface area contributed by atoms with Crippen LogP contribution in [0.3, 0.4) is 0 Å². The van der Waals surface area contributed by atoms with Crippen LogP contribution in [0.5, 0.6) is 0 Å². The molecule has 1 N–H and O–H groups in total. The Hall–Kier alpha value is -0.940. The average Bonchev–Trinajstić information content (AvgIpc) is 2.29. The van der Waals surface area contributed by atoms with Gasteiger partial charge in [-0.25, -0.2) is 4.39 Å². The molecular weight excluding hydrogens is 279 g/mol. The van der Waals surface area contributed by atoms with E-state index in [0.29, 0.717) is 10.0 Å². The Bertz CT molecular complexity index is 395. The number of carbonyl (C=O) groups is 1. The highest BCUT2D eigenvalue weighted by atomic mass is 79.9. The lowest BCUT2D eigenvalue weighted by molar-refractivity contribution is -0.148. The number of esters is 1. The molecule has 2 unspecified atom stereocenters. The molecule has 1 rings (SSSR count). The van der Waals surface area contributed by atoms with E-state index in [9.17, 15) is 14.3 Å². The summed E-state index contributed by atoms with van der Waals surface area (Å²) in [4.78, 5) is 11.2. The lowest BCUT2D eigenvalue weighted by Crippen LogP contribution is -2.21. The van der Waals surface area contributed by atoms with Crippen molar-refractivity contribution in [3.05, 3.63) is 34.1 Å². The van der Waals surface area contributed by atoms with Crippen molar-refractivity contribution < 1.29 is 19.0 Å². The second-order valence-electron chi connectivity index (χ2n) is 3.42. The lowest BCUT2D eigenvalue weighted by Gasteiger charge is -2.18. The maximum atomic E-state index is 13.0. The summed E-state index contributed by atoms with van der Waals surface area (Å²) in [5.41, 5.74) is 0.331. The monoisotopic (exact) mass is 290 g/mol. The van der Waals surface area contributed by atoms with Gasteiger partial charge >= 0.3 is 5.97 Å². The average molecular weight is 291 g/mol. The molecule has 0 amide bonds. The first-order valence-corrected chi connectivity index (χ1v) is 5.47. The number of aliphatic hydroxyl groups excluding tert-OH is 1. The third-order valence-corrected chi connectivity index (χ3v) is 3.05. The van der Waals surface area contributed by atoms with E-state index in [0.717, 1.165) is 0 Å². The summed E-state index contributed by atoms with van der Waals surface area (Å²) in [5.74, 6) is -1.75. The Labute approximate surface area is 101 Å². The smallest absolute Gasteiger partial charge is 0.311 e. The summed E-state index contributed by atoms with van der Waals surface area (Å²) < 4.78 is 18.1. The molecule has 0 aromatic heterocycles. The number of aliphatic hydroxyl groups is 1. The van der Waals surface area contributed by atoms with Crippen LogP contribution in [0.4, 0.5) is 4.39 Å². The molecule has 0 bridgehead atoms. The van der Waals surface area contributed by atoms with Crippen LogP contribution in [0.2, 0.25) is 0 Å². The minimum atomic E-state index is -1.10. The van der Waals surface area contributed by atoms with Crippen LogP contribution in [0, 0.1) is 11.7 Å². The third-order valence-electron chi connectivity index (χ3n) is 2.32. The summed E-state index contributed by atoms with van der Waals surface area (Å²) in [6.07, 6.45) is -1.10. The van der Waals surface area contributed by atoms with E-state index in [1.165, 1.54) is 32.2 Å². The largest absolute Gasteiger partial charge is 0.469 e. The fourth-order valence-electron chi connectivity index (χ4n) is 1.33. The molecule has 0 saturated carbocycles. The Kier molecular flexibility index (Phi) is 4.44. The minimum absolute atomic E-state index is 0.331. The van der Waals surface area contributed by atoms with Gasteiger partial charge in [0.25, 0.3) is 0 Å². The molecule has 5 heteroatoms. The zero-order chi connectivity index (χ0) is 12.3. The molecule has 0 saturated heterocycles. The Morgan fingerprint density at radius 2 is 2.19 bits per heavy atom. The molecule has 0 spiro atoms. The van der Waals surface area contributed by atoms with Crippen molar-refractivity contribution in [2.45, 2.75) is 13.0 Å². The zero-order valence-electron chi connectivity index (χ0n) is 8.91. The van der Waals surface area contributed by atoms with Crippen LogP contribution in [-0.4, -0.2) is 18.2 Å². The molecule has 1 aromatic carbocycles. The highest BCUT2D eigenvalue weighted by Gasteiger charge is 2.26. The first-order valence-electron chi connectivity index (χ1n) is 4.68. The Morgan fingerprint density at radius 3 is 2.75 bits per heavy atom. The van der Waals surface area contributed by atoms with E-state index in [1.54, 1.807) is 0 Å². The maximum Gasteiger partial charge on any atom is 0.311 e. The third kappa shape index (κ3) is 2.80. The molecule has 2 atom stereocenters. The quantitative estimate of drug-likeness (QED) is 0.870. The molecule has 0 radical (unpaired) electrons. The minimum Gasteiger partial charge on any atom is -0.469 e. The summed E-state index contributed by atoms with van der Waals surface area (Å²) in [6, 6.07) is 3.94. The zero-order valence-corrected chi connectivity index (χ0v) is 10.5. The second kappa shape index (κ2) is 5.41. The SMILES string of the molecule is COC(=O)C(C)C(O)c1cc(F)ccc1Br. The molecule has 1 aromatic rings. The Morgan fingerprint density at radius 1 is 1.56 bits per heavy atom. The molecule has 88 valence electrons. The van der Waals surface area contributed by atoms with E-state index in [-0.39, 0.29) is 0 Å². The topological polar surface area (TPSA) is 46.5 Å². The molecule has 16 heavy (non-hydrogen) atoms. The number of rotatable bonds is 3. The number of carbonyl (C=O) groups excluding carboxylic acids is 1. The summed E-state index contributed by atoms with van der Waals surface area (Å²) >= 11 is 3.19. The predicted molar refractivity (Wildman–Crippen MR) is 60.2 cm³/mol. The van der Waals surface area contributed by atoms with Gasteiger partial charge in [0.2, 0.25) is 0 Å². The van der Waals surface area contributed by atoms with Crippen molar-refractivity contribution in [3.8, 4) is 0 Å². The number of ether oxygens (including phenoxy) is 1. The van der Waals surface area contributed by atoms with E-state index in [1.807, 2.05) is 0 Å². The van der Waals surface area contributed by atoms with Gasteiger partial charge in [0, 0.05) is 4.47 Å². The molecule has 0 heterocycles. The predicted octanol–water partition coefficient (Wildman–Crippen LogP) is 2.43. The fraction of sp³-hybridized carbons (Fsp3) is 0.364. The van der Waals surface area contributed by atoms with Gasteiger partial charge in [-0.1, -0.05) is 15.9 Å². The standard InChI is InChI=1S/C11H12BrFO3/c1-6(11(15)16-2)10(14)8-5-7(13)3-4-9(8)12/h3-6,10,14H,1-2H3. The number of hydrogen-bond donors (Lipinski definition) is 1. The van der Waals surface area contributed by atoms with Gasteiger partial charge in [-0.3, -0.25) is 4.79 Å². The molecule has 3 nitrogen and oxygen atoms in total. The van der Waals surface area contributed by atoms with Gasteiger partial charge in [0.15, 0.2) is 0 Å². The molecule has 0 fully saturated rings. The highest BCUT2D eigenvalue weighted by molar-refractivity contribution is 9.10. The first-order chi connectivity index (χ1) is 7.47. The van der Waals surface area contributed by atoms with Crippen molar-refractivity contribution in [2.75, 3.05) is 7.11 Å². The van der Waals surface area contributed by atoms with Gasteiger partial charge in [-0.15, -0.1) is 0 Å². The number of methoxy groups -OCH3 is 1.